The van der Waals surface area contributed by atoms with E-state index in [0.717, 1.165) is 12.3 Å². The van der Waals surface area contributed by atoms with Crippen LogP contribution in [0.3, 0.4) is 0 Å². The second-order valence-corrected chi connectivity index (χ2v) is 5.45. The summed E-state index contributed by atoms with van der Waals surface area (Å²) in [5.41, 5.74) is 2.65. The molecule has 0 fully saturated rings. The van der Waals surface area contributed by atoms with E-state index in [2.05, 4.69) is 38.3 Å². The molecule has 1 rings (SSSR count). The number of hydrogen-bond donors (Lipinski definition) is 1. The van der Waals surface area contributed by atoms with Crippen LogP contribution in [0.15, 0.2) is 11.0 Å². The van der Waals surface area contributed by atoms with Crippen molar-refractivity contribution in [3.8, 4) is 0 Å². The third-order valence-electron chi connectivity index (χ3n) is 2.42. The molecule has 0 atom stereocenters. The molecule has 0 amide bonds. The molecule has 0 saturated heterocycles. The molecule has 0 aliphatic rings. The zero-order chi connectivity index (χ0) is 11.4. The quantitative estimate of drug-likeness (QED) is 0.783. The minimum Gasteiger partial charge on any atom is -0.396 e. The lowest BCUT2D eigenvalue weighted by Crippen LogP contribution is -2.07. The first-order valence-electron chi connectivity index (χ1n) is 5.46. The highest BCUT2D eigenvalue weighted by atomic mass is 32.2. The molecule has 0 aromatic carbocycles. The second kappa shape index (κ2) is 5.61. The zero-order valence-corrected chi connectivity index (χ0v) is 10.9. The molecule has 0 unspecified atom stereocenters. The monoisotopic (exact) mass is 227 g/mol. The van der Waals surface area contributed by atoms with Crippen molar-refractivity contribution in [1.82, 2.24) is 4.57 Å². The molecule has 0 saturated carbocycles. The van der Waals surface area contributed by atoms with E-state index in [1.54, 1.807) is 11.8 Å². The fourth-order valence-electron chi connectivity index (χ4n) is 1.72. The number of aliphatic hydroxyl groups is 1. The molecule has 0 bridgehead atoms. The van der Waals surface area contributed by atoms with Crippen molar-refractivity contribution in [2.24, 2.45) is 5.92 Å². The van der Waals surface area contributed by atoms with E-state index >= 15 is 0 Å². The van der Waals surface area contributed by atoms with E-state index in [0.29, 0.717) is 5.92 Å². The maximum atomic E-state index is 8.81. The van der Waals surface area contributed by atoms with Crippen molar-refractivity contribution >= 4 is 11.8 Å². The molecule has 1 aromatic rings. The number of hydrogen-bond acceptors (Lipinski definition) is 2. The SMILES string of the molecule is Cc1cc(SCCO)c(C)n1CC(C)C. The van der Waals surface area contributed by atoms with Crippen LogP contribution in [0.4, 0.5) is 0 Å². The van der Waals surface area contributed by atoms with Gasteiger partial charge in [0.25, 0.3) is 0 Å². The Morgan fingerprint density at radius 3 is 2.60 bits per heavy atom. The Kier molecular flexibility index (Phi) is 4.74. The molecule has 1 heterocycles. The summed E-state index contributed by atoms with van der Waals surface area (Å²) < 4.78 is 2.37. The number of rotatable bonds is 5. The maximum Gasteiger partial charge on any atom is 0.0525 e. The van der Waals surface area contributed by atoms with Gasteiger partial charge in [-0.3, -0.25) is 0 Å². The highest BCUT2D eigenvalue weighted by Crippen LogP contribution is 2.26. The Balaban J connectivity index is 2.83. The molecule has 0 aliphatic heterocycles. The van der Waals surface area contributed by atoms with Crippen LogP contribution in [0.1, 0.15) is 25.2 Å². The van der Waals surface area contributed by atoms with Gasteiger partial charge < -0.3 is 9.67 Å². The lowest BCUT2D eigenvalue weighted by Gasteiger charge is -2.12. The van der Waals surface area contributed by atoms with Gasteiger partial charge in [0.1, 0.15) is 0 Å². The van der Waals surface area contributed by atoms with Crippen LogP contribution < -0.4 is 0 Å². The van der Waals surface area contributed by atoms with Gasteiger partial charge in [-0.1, -0.05) is 13.8 Å². The van der Waals surface area contributed by atoms with Gasteiger partial charge in [-0.25, -0.2) is 0 Å². The van der Waals surface area contributed by atoms with Crippen molar-refractivity contribution in [3.05, 3.63) is 17.5 Å². The van der Waals surface area contributed by atoms with Gasteiger partial charge in [0, 0.05) is 28.6 Å². The highest BCUT2D eigenvalue weighted by molar-refractivity contribution is 7.99. The van der Waals surface area contributed by atoms with Crippen molar-refractivity contribution in [3.63, 3.8) is 0 Å². The molecule has 15 heavy (non-hydrogen) atoms. The van der Waals surface area contributed by atoms with E-state index in [1.807, 2.05) is 0 Å². The zero-order valence-electron chi connectivity index (χ0n) is 10.1. The van der Waals surface area contributed by atoms with Gasteiger partial charge in [0.2, 0.25) is 0 Å². The van der Waals surface area contributed by atoms with Gasteiger partial charge in [-0.15, -0.1) is 11.8 Å². The van der Waals surface area contributed by atoms with E-state index in [4.69, 9.17) is 5.11 Å². The molecular formula is C12H21NOS. The first-order valence-corrected chi connectivity index (χ1v) is 6.45. The molecular weight excluding hydrogens is 206 g/mol. The molecule has 1 aromatic heterocycles. The van der Waals surface area contributed by atoms with E-state index in [1.165, 1.54) is 16.3 Å². The molecule has 0 spiro atoms. The number of aryl methyl sites for hydroxylation is 1. The molecule has 0 radical (unpaired) electrons. The van der Waals surface area contributed by atoms with Crippen molar-refractivity contribution in [2.75, 3.05) is 12.4 Å². The normalized spacial score (nSPS) is 11.3. The fraction of sp³-hybridized carbons (Fsp3) is 0.667. The summed E-state index contributed by atoms with van der Waals surface area (Å²) in [6.07, 6.45) is 0. The summed E-state index contributed by atoms with van der Waals surface area (Å²) in [6, 6.07) is 2.22. The van der Waals surface area contributed by atoms with Crippen LogP contribution in [0.5, 0.6) is 0 Å². The van der Waals surface area contributed by atoms with Gasteiger partial charge in [0.15, 0.2) is 0 Å². The summed E-state index contributed by atoms with van der Waals surface area (Å²) in [5, 5.41) is 8.81. The largest absolute Gasteiger partial charge is 0.396 e. The van der Waals surface area contributed by atoms with Gasteiger partial charge >= 0.3 is 0 Å². The minimum absolute atomic E-state index is 0.249. The Labute approximate surface area is 96.7 Å². The Morgan fingerprint density at radius 1 is 1.40 bits per heavy atom. The summed E-state index contributed by atoms with van der Waals surface area (Å²) >= 11 is 1.74. The summed E-state index contributed by atoms with van der Waals surface area (Å²) in [7, 11) is 0. The summed E-state index contributed by atoms with van der Waals surface area (Å²) in [5.74, 6) is 1.46. The number of nitrogens with zero attached hydrogens (tertiary/aromatic N) is 1. The van der Waals surface area contributed by atoms with Crippen LogP contribution in [-0.2, 0) is 6.54 Å². The standard InChI is InChI=1S/C12H21NOS/c1-9(2)8-13-10(3)7-12(11(13)4)15-6-5-14/h7,9,14H,5-6,8H2,1-4H3. The molecule has 86 valence electrons. The van der Waals surface area contributed by atoms with Crippen LogP contribution in [-0.4, -0.2) is 22.0 Å². The maximum absolute atomic E-state index is 8.81. The van der Waals surface area contributed by atoms with Gasteiger partial charge in [0.05, 0.1) is 6.61 Å². The van der Waals surface area contributed by atoms with Crippen molar-refractivity contribution in [2.45, 2.75) is 39.1 Å². The lowest BCUT2D eigenvalue weighted by atomic mass is 10.2. The highest BCUT2D eigenvalue weighted by Gasteiger charge is 2.09. The van der Waals surface area contributed by atoms with Crippen LogP contribution in [0.25, 0.3) is 0 Å². The van der Waals surface area contributed by atoms with Crippen molar-refractivity contribution in [1.29, 1.82) is 0 Å². The second-order valence-electron chi connectivity index (χ2n) is 4.31. The Bertz CT molecular complexity index is 318. The van der Waals surface area contributed by atoms with Crippen LogP contribution >= 0.6 is 11.8 Å². The Morgan fingerprint density at radius 2 is 2.07 bits per heavy atom. The Hall–Kier alpha value is -0.410. The predicted molar refractivity (Wildman–Crippen MR) is 66.6 cm³/mol. The van der Waals surface area contributed by atoms with Crippen LogP contribution in [0, 0.1) is 19.8 Å². The molecule has 0 aliphatic carbocycles. The smallest absolute Gasteiger partial charge is 0.0525 e. The average Bonchev–Trinajstić information content (AvgIpc) is 2.42. The third kappa shape index (κ3) is 3.28. The third-order valence-corrected chi connectivity index (χ3v) is 3.53. The molecule has 1 N–H and O–H groups in total. The number of aromatic nitrogens is 1. The minimum atomic E-state index is 0.249. The number of aliphatic hydroxyl groups excluding tert-OH is 1. The topological polar surface area (TPSA) is 25.2 Å². The molecule has 3 heteroatoms. The van der Waals surface area contributed by atoms with Gasteiger partial charge in [-0.2, -0.15) is 0 Å². The van der Waals surface area contributed by atoms with E-state index in [-0.39, 0.29) is 6.61 Å². The van der Waals surface area contributed by atoms with Crippen molar-refractivity contribution < 1.29 is 5.11 Å². The first kappa shape index (κ1) is 12.7. The summed E-state index contributed by atoms with van der Waals surface area (Å²) in [4.78, 5) is 1.31. The average molecular weight is 227 g/mol. The predicted octanol–water partition coefficient (Wildman–Crippen LogP) is 2.85. The first-order chi connectivity index (χ1) is 7.06. The summed E-state index contributed by atoms with van der Waals surface area (Å²) in [6.45, 7) is 10.1. The van der Waals surface area contributed by atoms with E-state index in [9.17, 15) is 0 Å². The van der Waals surface area contributed by atoms with E-state index < -0.39 is 0 Å². The lowest BCUT2D eigenvalue weighted by molar-refractivity contribution is 0.322. The fourth-order valence-corrected chi connectivity index (χ4v) is 2.60. The molecule has 2 nitrogen and oxygen atoms in total. The number of thioether (sulfide) groups is 1. The van der Waals surface area contributed by atoms with Gasteiger partial charge in [-0.05, 0) is 25.8 Å². The van der Waals surface area contributed by atoms with Crippen LogP contribution in [0.2, 0.25) is 0 Å².